The lowest BCUT2D eigenvalue weighted by molar-refractivity contribution is -0.115. The second-order valence-electron chi connectivity index (χ2n) is 6.26. The van der Waals surface area contributed by atoms with Crippen LogP contribution in [-0.4, -0.2) is 30.9 Å². The molecule has 6 nitrogen and oxygen atoms in total. The van der Waals surface area contributed by atoms with Crippen LogP contribution in [0.4, 0.5) is 13.9 Å². The molecular weight excluding hydrogens is 448 g/mol. The Morgan fingerprint density at radius 2 is 2.03 bits per heavy atom. The molecular formula is C19H15F2N5OS3. The summed E-state index contributed by atoms with van der Waals surface area (Å²) in [6.07, 6.45) is 0. The number of halogens is 2. The minimum Gasteiger partial charge on any atom is -0.304 e. The summed E-state index contributed by atoms with van der Waals surface area (Å²) in [6.45, 7) is 1.77. The van der Waals surface area contributed by atoms with E-state index in [1.54, 1.807) is 23.6 Å². The molecule has 0 aliphatic heterocycles. The van der Waals surface area contributed by atoms with Crippen molar-refractivity contribution in [1.29, 1.82) is 0 Å². The van der Waals surface area contributed by atoms with Gasteiger partial charge in [-0.15, -0.1) is 32.9 Å². The third-order valence-corrected chi connectivity index (χ3v) is 6.94. The number of carbonyl (C=O) groups is 1. The van der Waals surface area contributed by atoms with Crippen LogP contribution in [0.5, 0.6) is 0 Å². The molecule has 0 bridgehead atoms. The van der Waals surface area contributed by atoms with Crippen molar-refractivity contribution in [2.24, 2.45) is 7.05 Å². The number of anilines is 1. The molecule has 0 saturated carbocycles. The Kier molecular flexibility index (Phi) is 5.93. The van der Waals surface area contributed by atoms with E-state index < -0.39 is 16.9 Å². The molecule has 1 aromatic carbocycles. The van der Waals surface area contributed by atoms with Crippen molar-refractivity contribution in [2.45, 2.75) is 17.3 Å². The zero-order valence-electron chi connectivity index (χ0n) is 15.8. The van der Waals surface area contributed by atoms with Crippen molar-refractivity contribution < 1.29 is 13.6 Å². The Balaban J connectivity index is 1.42. The van der Waals surface area contributed by atoms with Crippen molar-refractivity contribution in [3.63, 3.8) is 0 Å². The van der Waals surface area contributed by atoms with E-state index >= 15 is 0 Å². The Hall–Kier alpha value is -2.63. The van der Waals surface area contributed by atoms with Crippen molar-refractivity contribution >= 4 is 45.5 Å². The normalized spacial score (nSPS) is 12.1. The lowest BCUT2D eigenvalue weighted by atomic mass is 10.2. The predicted molar refractivity (Wildman–Crippen MR) is 116 cm³/mol. The highest BCUT2D eigenvalue weighted by atomic mass is 32.2. The second-order valence-corrected chi connectivity index (χ2v) is 9.37. The van der Waals surface area contributed by atoms with Crippen LogP contribution >= 0.6 is 34.4 Å². The Morgan fingerprint density at radius 1 is 1.20 bits per heavy atom. The first-order valence-electron chi connectivity index (χ1n) is 8.74. The Bertz CT molecular complexity index is 1190. The van der Waals surface area contributed by atoms with Gasteiger partial charge in [-0.25, -0.2) is 13.8 Å². The first kappa shape index (κ1) is 20.6. The zero-order valence-corrected chi connectivity index (χ0v) is 18.2. The highest BCUT2D eigenvalue weighted by molar-refractivity contribution is 8.00. The van der Waals surface area contributed by atoms with Crippen LogP contribution in [0.25, 0.3) is 22.0 Å². The third kappa shape index (κ3) is 4.27. The first-order chi connectivity index (χ1) is 14.4. The number of thiazole rings is 1. The molecule has 0 aliphatic carbocycles. The quantitative estimate of drug-likeness (QED) is 0.405. The molecule has 1 N–H and O–H groups in total. The summed E-state index contributed by atoms with van der Waals surface area (Å²) < 4.78 is 28.4. The number of benzene rings is 1. The molecule has 3 aromatic heterocycles. The molecule has 1 unspecified atom stereocenters. The SMILES string of the molecule is CC(Sc1nnc(-c2cccs2)n1C)C(=O)Nc1nc(-c2ccc(F)c(F)c2)cs1. The molecule has 1 amide bonds. The molecule has 4 rings (SSSR count). The van der Waals surface area contributed by atoms with Crippen LogP contribution in [0, 0.1) is 11.6 Å². The molecule has 154 valence electrons. The van der Waals surface area contributed by atoms with Crippen LogP contribution in [0.2, 0.25) is 0 Å². The summed E-state index contributed by atoms with van der Waals surface area (Å²) in [5, 5.41) is 15.4. The van der Waals surface area contributed by atoms with Crippen LogP contribution in [0.1, 0.15) is 6.92 Å². The van der Waals surface area contributed by atoms with E-state index in [-0.39, 0.29) is 5.91 Å². The predicted octanol–water partition coefficient (Wildman–Crippen LogP) is 5.06. The summed E-state index contributed by atoms with van der Waals surface area (Å²) >= 11 is 4.07. The molecule has 0 saturated heterocycles. The summed E-state index contributed by atoms with van der Waals surface area (Å²) in [6, 6.07) is 7.48. The fraction of sp³-hybridized carbons (Fsp3) is 0.158. The van der Waals surface area contributed by atoms with E-state index in [1.165, 1.54) is 29.2 Å². The molecule has 0 aliphatic rings. The number of nitrogens with one attached hydrogen (secondary N) is 1. The number of rotatable bonds is 6. The molecule has 30 heavy (non-hydrogen) atoms. The fourth-order valence-electron chi connectivity index (χ4n) is 2.58. The topological polar surface area (TPSA) is 72.7 Å². The number of aromatic nitrogens is 4. The van der Waals surface area contributed by atoms with Gasteiger partial charge in [0.15, 0.2) is 27.7 Å². The monoisotopic (exact) mass is 463 g/mol. The fourth-order valence-corrected chi connectivity index (χ4v) is 4.86. The standard InChI is InChI=1S/C19H15F2N5OS3/c1-10(30-19-25-24-16(26(19)2)15-4-3-7-28-15)17(27)23-18-22-14(9-29-18)11-5-6-12(20)13(21)8-11/h3-10H,1-2H3,(H,22,23,27). The maximum atomic E-state index is 13.4. The van der Waals surface area contributed by atoms with Gasteiger partial charge in [-0.3, -0.25) is 4.79 Å². The van der Waals surface area contributed by atoms with E-state index in [0.717, 1.165) is 22.8 Å². The average molecular weight is 464 g/mol. The number of hydrogen-bond acceptors (Lipinski definition) is 7. The number of hydrogen-bond donors (Lipinski definition) is 1. The van der Waals surface area contributed by atoms with Gasteiger partial charge >= 0.3 is 0 Å². The van der Waals surface area contributed by atoms with E-state index in [9.17, 15) is 13.6 Å². The van der Waals surface area contributed by atoms with Gasteiger partial charge in [-0.05, 0) is 36.6 Å². The van der Waals surface area contributed by atoms with Gasteiger partial charge < -0.3 is 9.88 Å². The number of amides is 1. The van der Waals surface area contributed by atoms with Crippen molar-refractivity contribution in [1.82, 2.24) is 19.7 Å². The number of carbonyl (C=O) groups excluding carboxylic acids is 1. The minimum atomic E-state index is -0.943. The molecule has 0 radical (unpaired) electrons. The first-order valence-corrected chi connectivity index (χ1v) is 11.4. The largest absolute Gasteiger partial charge is 0.304 e. The van der Waals surface area contributed by atoms with E-state index in [1.807, 2.05) is 29.1 Å². The lowest BCUT2D eigenvalue weighted by Gasteiger charge is -2.10. The van der Waals surface area contributed by atoms with Gasteiger partial charge in [0.05, 0.1) is 15.8 Å². The van der Waals surface area contributed by atoms with Gasteiger partial charge in [-0.1, -0.05) is 17.8 Å². The maximum absolute atomic E-state index is 13.4. The van der Waals surface area contributed by atoms with Crippen LogP contribution in [-0.2, 0) is 11.8 Å². The van der Waals surface area contributed by atoms with Gasteiger partial charge in [0.1, 0.15) is 0 Å². The average Bonchev–Trinajstić information content (AvgIpc) is 3.46. The summed E-state index contributed by atoms with van der Waals surface area (Å²) in [7, 11) is 1.86. The molecule has 3 heterocycles. The highest BCUT2D eigenvalue weighted by Gasteiger charge is 2.21. The molecule has 4 aromatic rings. The van der Waals surface area contributed by atoms with Gasteiger partial charge in [0, 0.05) is 18.0 Å². The Morgan fingerprint density at radius 3 is 2.77 bits per heavy atom. The lowest BCUT2D eigenvalue weighted by Crippen LogP contribution is -2.22. The smallest absolute Gasteiger partial charge is 0.239 e. The van der Waals surface area contributed by atoms with Crippen LogP contribution in [0.15, 0.2) is 46.2 Å². The van der Waals surface area contributed by atoms with Crippen molar-refractivity contribution in [3.8, 4) is 22.0 Å². The highest BCUT2D eigenvalue weighted by Crippen LogP contribution is 2.30. The third-order valence-electron chi connectivity index (χ3n) is 4.18. The summed E-state index contributed by atoms with van der Waals surface area (Å²) in [4.78, 5) is 17.9. The van der Waals surface area contributed by atoms with E-state index in [2.05, 4.69) is 20.5 Å². The maximum Gasteiger partial charge on any atom is 0.239 e. The Labute approximate surface area is 183 Å². The van der Waals surface area contributed by atoms with E-state index in [4.69, 9.17) is 0 Å². The van der Waals surface area contributed by atoms with Gasteiger partial charge in [-0.2, -0.15) is 0 Å². The summed E-state index contributed by atoms with van der Waals surface area (Å²) in [5.41, 5.74) is 0.900. The van der Waals surface area contributed by atoms with Crippen molar-refractivity contribution in [3.05, 3.63) is 52.7 Å². The van der Waals surface area contributed by atoms with Gasteiger partial charge in [0.2, 0.25) is 5.91 Å². The van der Waals surface area contributed by atoms with Gasteiger partial charge in [0.25, 0.3) is 0 Å². The number of thiophene rings is 1. The number of thioether (sulfide) groups is 1. The zero-order chi connectivity index (χ0) is 21.3. The molecule has 0 spiro atoms. The van der Waals surface area contributed by atoms with E-state index in [0.29, 0.717) is 21.5 Å². The van der Waals surface area contributed by atoms with Crippen LogP contribution < -0.4 is 5.32 Å². The minimum absolute atomic E-state index is 0.244. The number of nitrogens with zero attached hydrogens (tertiary/aromatic N) is 4. The van der Waals surface area contributed by atoms with Crippen LogP contribution in [0.3, 0.4) is 0 Å². The molecule has 11 heteroatoms. The molecule has 1 atom stereocenters. The molecule has 0 fully saturated rings. The second kappa shape index (κ2) is 8.62. The summed E-state index contributed by atoms with van der Waals surface area (Å²) in [5.74, 6) is -1.36. The van der Waals surface area contributed by atoms with Crippen molar-refractivity contribution in [2.75, 3.05) is 5.32 Å².